The maximum atomic E-state index is 12.5. The monoisotopic (exact) mass is 555 g/mol. The first-order chi connectivity index (χ1) is 14.3. The lowest BCUT2D eigenvalue weighted by molar-refractivity contribution is -0.143. The van der Waals surface area contributed by atoms with Crippen LogP contribution in [0.15, 0.2) is 29.3 Å². The van der Waals surface area contributed by atoms with E-state index in [1.807, 2.05) is 24.3 Å². The van der Waals surface area contributed by atoms with Crippen molar-refractivity contribution < 1.29 is 22.7 Å². The summed E-state index contributed by atoms with van der Waals surface area (Å²) >= 11 is 0. The summed E-state index contributed by atoms with van der Waals surface area (Å²) in [5.41, 5.74) is 1.63. The summed E-state index contributed by atoms with van der Waals surface area (Å²) < 4.78 is 43.0. The standard InChI is InChI=1S/C20H28F3N5O2.HI/c1-24-19(27-16-7-8-28(12-16)13-20(21,22)23)25-11-14-4-2-5-15(10-14)26-18(29)17-6-3-9-30-17;/h2,4-5,10,16-17H,3,6-9,11-13H2,1H3,(H,26,29)(H2,24,25,27);1H. The number of carbonyl (C=O) groups excluding carboxylic acids is 1. The average molecular weight is 555 g/mol. The van der Waals surface area contributed by atoms with Crippen molar-refractivity contribution in [2.24, 2.45) is 4.99 Å². The second-order valence-corrected chi connectivity index (χ2v) is 7.60. The molecule has 2 fully saturated rings. The van der Waals surface area contributed by atoms with Gasteiger partial charge in [0.2, 0.25) is 0 Å². The quantitative estimate of drug-likeness (QED) is 0.286. The third-order valence-electron chi connectivity index (χ3n) is 5.12. The maximum Gasteiger partial charge on any atom is 0.401 e. The van der Waals surface area contributed by atoms with E-state index in [0.29, 0.717) is 44.3 Å². The zero-order valence-corrected chi connectivity index (χ0v) is 19.7. The zero-order valence-electron chi connectivity index (χ0n) is 17.4. The Labute approximate surface area is 197 Å². The molecule has 31 heavy (non-hydrogen) atoms. The Hall–Kier alpha value is -1.60. The van der Waals surface area contributed by atoms with Gasteiger partial charge in [0.05, 0.1) is 6.54 Å². The van der Waals surface area contributed by atoms with Crippen molar-refractivity contribution in [2.45, 2.75) is 44.1 Å². The van der Waals surface area contributed by atoms with Crippen LogP contribution in [0.3, 0.4) is 0 Å². The molecular weight excluding hydrogens is 526 g/mol. The molecule has 1 amide bonds. The molecule has 3 N–H and O–H groups in total. The van der Waals surface area contributed by atoms with Crippen molar-refractivity contribution in [1.29, 1.82) is 0 Å². The summed E-state index contributed by atoms with van der Waals surface area (Å²) in [7, 11) is 1.62. The van der Waals surface area contributed by atoms with Gasteiger partial charge < -0.3 is 20.7 Å². The van der Waals surface area contributed by atoms with E-state index in [1.54, 1.807) is 7.05 Å². The molecule has 0 aromatic heterocycles. The fourth-order valence-electron chi connectivity index (χ4n) is 3.69. The minimum Gasteiger partial charge on any atom is -0.368 e. The number of anilines is 1. The largest absolute Gasteiger partial charge is 0.401 e. The molecule has 0 spiro atoms. The Bertz CT molecular complexity index is 757. The fourth-order valence-corrected chi connectivity index (χ4v) is 3.69. The van der Waals surface area contributed by atoms with Gasteiger partial charge in [0.1, 0.15) is 6.10 Å². The van der Waals surface area contributed by atoms with E-state index in [2.05, 4.69) is 20.9 Å². The lowest BCUT2D eigenvalue weighted by atomic mass is 10.2. The lowest BCUT2D eigenvalue weighted by Crippen LogP contribution is -2.44. The van der Waals surface area contributed by atoms with Crippen molar-refractivity contribution in [2.75, 3.05) is 38.6 Å². The normalized spacial score (nSPS) is 22.1. The van der Waals surface area contributed by atoms with Gasteiger partial charge in [0, 0.05) is 45.0 Å². The van der Waals surface area contributed by atoms with Crippen LogP contribution in [-0.4, -0.2) is 68.4 Å². The molecule has 11 heteroatoms. The molecule has 0 saturated carbocycles. The molecule has 0 radical (unpaired) electrons. The number of hydrogen-bond acceptors (Lipinski definition) is 4. The smallest absolute Gasteiger partial charge is 0.368 e. The summed E-state index contributed by atoms with van der Waals surface area (Å²) in [4.78, 5) is 17.7. The van der Waals surface area contributed by atoms with Gasteiger partial charge in [0.15, 0.2) is 5.96 Å². The van der Waals surface area contributed by atoms with Gasteiger partial charge in [-0.15, -0.1) is 24.0 Å². The predicted octanol–water partition coefficient (Wildman–Crippen LogP) is 2.72. The molecule has 2 aliphatic rings. The van der Waals surface area contributed by atoms with E-state index >= 15 is 0 Å². The highest BCUT2D eigenvalue weighted by atomic mass is 127. The molecule has 2 atom stereocenters. The predicted molar refractivity (Wildman–Crippen MR) is 124 cm³/mol. The van der Waals surface area contributed by atoms with Crippen LogP contribution in [0.5, 0.6) is 0 Å². The molecule has 2 aliphatic heterocycles. The first-order valence-electron chi connectivity index (χ1n) is 10.1. The molecule has 2 heterocycles. The van der Waals surface area contributed by atoms with E-state index in [1.165, 1.54) is 4.90 Å². The van der Waals surface area contributed by atoms with Crippen LogP contribution in [-0.2, 0) is 16.1 Å². The fraction of sp³-hybridized carbons (Fsp3) is 0.600. The van der Waals surface area contributed by atoms with Crippen LogP contribution < -0.4 is 16.0 Å². The maximum absolute atomic E-state index is 12.5. The first kappa shape index (κ1) is 25.7. The van der Waals surface area contributed by atoms with Crippen LogP contribution in [0.1, 0.15) is 24.8 Å². The Morgan fingerprint density at radius 3 is 2.81 bits per heavy atom. The molecule has 2 unspecified atom stereocenters. The van der Waals surface area contributed by atoms with Crippen LogP contribution in [0.2, 0.25) is 0 Å². The average Bonchev–Trinajstić information content (AvgIpc) is 3.36. The topological polar surface area (TPSA) is 78.0 Å². The summed E-state index contributed by atoms with van der Waals surface area (Å²) in [6.45, 7) is 0.915. The van der Waals surface area contributed by atoms with Gasteiger partial charge in [-0.2, -0.15) is 13.2 Å². The van der Waals surface area contributed by atoms with Crippen LogP contribution in [0, 0.1) is 0 Å². The minimum absolute atomic E-state index is 0. The van der Waals surface area contributed by atoms with Gasteiger partial charge in [0.25, 0.3) is 5.91 Å². The number of amides is 1. The molecule has 174 valence electrons. The number of benzene rings is 1. The van der Waals surface area contributed by atoms with E-state index in [9.17, 15) is 18.0 Å². The molecule has 7 nitrogen and oxygen atoms in total. The number of likely N-dealkylation sites (tertiary alicyclic amines) is 1. The Morgan fingerprint density at radius 2 is 2.13 bits per heavy atom. The van der Waals surface area contributed by atoms with Crippen LogP contribution >= 0.6 is 24.0 Å². The number of ether oxygens (including phenoxy) is 1. The number of aliphatic imine (C=N–C) groups is 1. The van der Waals surface area contributed by atoms with Gasteiger partial charge in [-0.25, -0.2) is 0 Å². The van der Waals surface area contributed by atoms with Crippen LogP contribution in [0.25, 0.3) is 0 Å². The Balaban J connectivity index is 0.00000341. The second-order valence-electron chi connectivity index (χ2n) is 7.60. The summed E-state index contributed by atoms with van der Waals surface area (Å²) in [5, 5.41) is 9.22. The summed E-state index contributed by atoms with van der Waals surface area (Å²) in [5.74, 6) is 0.391. The van der Waals surface area contributed by atoms with E-state index in [4.69, 9.17) is 4.74 Å². The highest BCUT2D eigenvalue weighted by molar-refractivity contribution is 14.0. The molecular formula is C20H29F3IN5O2. The Morgan fingerprint density at radius 1 is 1.32 bits per heavy atom. The SMILES string of the molecule is CN=C(NCc1cccc(NC(=O)C2CCCO2)c1)NC1CCN(CC(F)(F)F)C1.I. The number of nitrogens with zero attached hydrogens (tertiary/aromatic N) is 2. The number of alkyl halides is 3. The van der Waals surface area contributed by atoms with Crippen molar-refractivity contribution in [1.82, 2.24) is 15.5 Å². The zero-order chi connectivity index (χ0) is 21.6. The van der Waals surface area contributed by atoms with Gasteiger partial charge in [-0.1, -0.05) is 12.1 Å². The highest BCUT2D eigenvalue weighted by Crippen LogP contribution is 2.20. The minimum atomic E-state index is -4.18. The van der Waals surface area contributed by atoms with Gasteiger partial charge in [-0.3, -0.25) is 14.7 Å². The molecule has 1 aromatic carbocycles. The summed E-state index contributed by atoms with van der Waals surface area (Å²) in [6.07, 6.45) is -2.32. The highest BCUT2D eigenvalue weighted by Gasteiger charge is 2.34. The number of nitrogens with one attached hydrogen (secondary N) is 3. The first-order valence-corrected chi connectivity index (χ1v) is 10.1. The van der Waals surface area contributed by atoms with Crippen molar-refractivity contribution in [3.63, 3.8) is 0 Å². The third-order valence-corrected chi connectivity index (χ3v) is 5.12. The summed E-state index contributed by atoms with van der Waals surface area (Å²) in [6, 6.07) is 7.37. The number of rotatable bonds is 6. The van der Waals surface area contributed by atoms with Crippen molar-refractivity contribution in [3.8, 4) is 0 Å². The van der Waals surface area contributed by atoms with E-state index in [0.717, 1.165) is 18.4 Å². The number of halogens is 4. The van der Waals surface area contributed by atoms with Crippen molar-refractivity contribution >= 4 is 41.5 Å². The van der Waals surface area contributed by atoms with Crippen LogP contribution in [0.4, 0.5) is 18.9 Å². The van der Waals surface area contributed by atoms with Gasteiger partial charge >= 0.3 is 6.18 Å². The lowest BCUT2D eigenvalue weighted by Gasteiger charge is -2.20. The van der Waals surface area contributed by atoms with Crippen molar-refractivity contribution in [3.05, 3.63) is 29.8 Å². The molecule has 0 bridgehead atoms. The molecule has 2 saturated heterocycles. The number of guanidine groups is 1. The second kappa shape index (κ2) is 11.9. The number of hydrogen-bond donors (Lipinski definition) is 3. The Kier molecular flexibility index (Phi) is 9.82. The van der Waals surface area contributed by atoms with Gasteiger partial charge in [-0.05, 0) is 37.0 Å². The van der Waals surface area contributed by atoms with E-state index < -0.39 is 18.8 Å². The van der Waals surface area contributed by atoms with E-state index in [-0.39, 0.29) is 35.9 Å². The molecule has 0 aliphatic carbocycles. The number of carbonyl (C=O) groups is 1. The molecule has 3 rings (SSSR count). The molecule has 1 aromatic rings. The third kappa shape index (κ3) is 8.45.